The molecular formula is C27H28FN3O4. The zero-order valence-electron chi connectivity index (χ0n) is 20.3. The Morgan fingerprint density at radius 2 is 1.74 bits per heavy atom. The van der Waals surface area contributed by atoms with E-state index in [4.69, 9.17) is 4.42 Å². The molecule has 1 unspecified atom stereocenters. The first-order chi connectivity index (χ1) is 16.5. The third kappa shape index (κ3) is 4.07. The van der Waals surface area contributed by atoms with E-state index in [1.807, 2.05) is 26.0 Å². The standard InChI is InChI=1S/C27H28FN3O4/c1-14-11-16(15(2)29-19-6-5-18(28)22-23(19)26(34)30-25(22)33)24-17(12-14)20(32)13-21(35-24)31-9-7-27(3,4)8-10-31/h5-6,11-13,15,29H,7-10H2,1-4H3,(H,30,33,34). The molecule has 7 nitrogen and oxygen atoms in total. The lowest BCUT2D eigenvalue weighted by Gasteiger charge is -2.37. The highest BCUT2D eigenvalue weighted by molar-refractivity contribution is 6.24. The van der Waals surface area contributed by atoms with E-state index in [-0.39, 0.29) is 22.0 Å². The first-order valence-electron chi connectivity index (χ1n) is 11.8. The maximum absolute atomic E-state index is 14.2. The molecule has 1 fully saturated rings. The molecule has 1 atom stereocenters. The van der Waals surface area contributed by atoms with E-state index in [9.17, 15) is 18.8 Å². The summed E-state index contributed by atoms with van der Waals surface area (Å²) in [5, 5.41) is 5.86. The molecule has 3 aromatic rings. The molecule has 8 heteroatoms. The molecule has 5 rings (SSSR count). The maximum atomic E-state index is 14.2. The Morgan fingerprint density at radius 1 is 1.06 bits per heavy atom. The van der Waals surface area contributed by atoms with Crippen LogP contribution < -0.4 is 21.0 Å². The summed E-state index contributed by atoms with van der Waals surface area (Å²) in [5.41, 5.74) is 2.30. The van der Waals surface area contributed by atoms with Gasteiger partial charge in [-0.15, -0.1) is 0 Å². The van der Waals surface area contributed by atoms with Crippen LogP contribution in [-0.4, -0.2) is 24.9 Å². The lowest BCUT2D eigenvalue weighted by atomic mass is 9.83. The van der Waals surface area contributed by atoms with Gasteiger partial charge in [0.05, 0.1) is 22.6 Å². The van der Waals surface area contributed by atoms with E-state index in [0.29, 0.717) is 22.5 Å². The number of nitrogens with one attached hydrogen (secondary N) is 2. The summed E-state index contributed by atoms with van der Waals surface area (Å²) in [4.78, 5) is 39.6. The molecule has 0 spiro atoms. The number of benzene rings is 2. The summed E-state index contributed by atoms with van der Waals surface area (Å²) in [6.45, 7) is 9.87. The fourth-order valence-electron chi connectivity index (χ4n) is 4.93. The van der Waals surface area contributed by atoms with Gasteiger partial charge >= 0.3 is 0 Å². The minimum absolute atomic E-state index is 0.0168. The molecule has 0 radical (unpaired) electrons. The molecule has 0 bridgehead atoms. The van der Waals surface area contributed by atoms with Crippen molar-refractivity contribution in [3.05, 3.63) is 68.6 Å². The van der Waals surface area contributed by atoms with Gasteiger partial charge in [0.2, 0.25) is 0 Å². The summed E-state index contributed by atoms with van der Waals surface area (Å²) in [5.74, 6) is -1.60. The molecule has 35 heavy (non-hydrogen) atoms. The van der Waals surface area contributed by atoms with Crippen LogP contribution in [0.3, 0.4) is 0 Å². The van der Waals surface area contributed by atoms with Crippen molar-refractivity contribution < 1.29 is 18.4 Å². The van der Waals surface area contributed by atoms with E-state index >= 15 is 0 Å². The van der Waals surface area contributed by atoms with Crippen LogP contribution in [-0.2, 0) is 0 Å². The minimum Gasteiger partial charge on any atom is -0.440 e. The third-order valence-electron chi connectivity index (χ3n) is 7.09. The van der Waals surface area contributed by atoms with Crippen molar-refractivity contribution in [1.29, 1.82) is 0 Å². The van der Waals surface area contributed by atoms with Gasteiger partial charge in [-0.05, 0) is 55.9 Å². The molecule has 1 saturated heterocycles. The van der Waals surface area contributed by atoms with Crippen LogP contribution in [0.4, 0.5) is 16.0 Å². The molecule has 1 aromatic heterocycles. The van der Waals surface area contributed by atoms with Crippen LogP contribution >= 0.6 is 0 Å². The number of aryl methyl sites for hydroxylation is 1. The molecule has 2 aliphatic heterocycles. The van der Waals surface area contributed by atoms with Crippen molar-refractivity contribution in [3.8, 4) is 0 Å². The summed E-state index contributed by atoms with van der Waals surface area (Å²) in [6.07, 6.45) is 2.01. The number of amides is 2. The normalized spacial score (nSPS) is 17.9. The van der Waals surface area contributed by atoms with Crippen molar-refractivity contribution in [3.63, 3.8) is 0 Å². The molecule has 2 N–H and O–H groups in total. The first kappa shape index (κ1) is 23.1. The predicted octanol–water partition coefficient (Wildman–Crippen LogP) is 4.92. The van der Waals surface area contributed by atoms with Gasteiger partial charge in [-0.3, -0.25) is 19.7 Å². The number of carbonyl (C=O) groups excluding carboxylic acids is 2. The molecular weight excluding hydrogens is 449 g/mol. The summed E-state index contributed by atoms with van der Waals surface area (Å²) in [7, 11) is 0. The van der Waals surface area contributed by atoms with Crippen molar-refractivity contribution in [1.82, 2.24) is 5.32 Å². The minimum atomic E-state index is -0.750. The lowest BCUT2D eigenvalue weighted by molar-refractivity contribution is 0.0879. The Bertz CT molecular complexity index is 1430. The smallest absolute Gasteiger partial charge is 0.261 e. The zero-order chi connectivity index (χ0) is 25.1. The zero-order valence-corrected chi connectivity index (χ0v) is 20.3. The summed E-state index contributed by atoms with van der Waals surface area (Å²) < 4.78 is 20.6. The summed E-state index contributed by atoms with van der Waals surface area (Å²) >= 11 is 0. The van der Waals surface area contributed by atoms with Gasteiger partial charge in [-0.1, -0.05) is 19.9 Å². The van der Waals surface area contributed by atoms with Gasteiger partial charge in [0.15, 0.2) is 11.3 Å². The van der Waals surface area contributed by atoms with Crippen molar-refractivity contribution in [2.75, 3.05) is 23.3 Å². The van der Waals surface area contributed by atoms with E-state index in [2.05, 4.69) is 29.4 Å². The van der Waals surface area contributed by atoms with Gasteiger partial charge in [0.1, 0.15) is 11.4 Å². The van der Waals surface area contributed by atoms with Crippen LogP contribution in [0.5, 0.6) is 0 Å². The van der Waals surface area contributed by atoms with Crippen LogP contribution in [0.15, 0.2) is 39.5 Å². The van der Waals surface area contributed by atoms with Gasteiger partial charge in [-0.25, -0.2) is 4.39 Å². The van der Waals surface area contributed by atoms with Crippen LogP contribution in [0.1, 0.15) is 71.5 Å². The lowest BCUT2D eigenvalue weighted by Crippen LogP contribution is -2.37. The number of hydrogen-bond acceptors (Lipinski definition) is 6. The Kier molecular flexibility index (Phi) is 5.42. The van der Waals surface area contributed by atoms with E-state index in [1.54, 1.807) is 6.07 Å². The second-order valence-corrected chi connectivity index (χ2v) is 10.3. The fraction of sp³-hybridized carbons (Fsp3) is 0.370. The molecule has 2 aliphatic rings. The Labute approximate surface area is 202 Å². The fourth-order valence-corrected chi connectivity index (χ4v) is 4.93. The number of imide groups is 1. The van der Waals surface area contributed by atoms with Crippen LogP contribution in [0.25, 0.3) is 11.0 Å². The number of fused-ring (bicyclic) bond motifs is 2. The topological polar surface area (TPSA) is 91.7 Å². The predicted molar refractivity (Wildman–Crippen MR) is 133 cm³/mol. The summed E-state index contributed by atoms with van der Waals surface area (Å²) in [6, 6.07) is 7.50. The number of anilines is 2. The number of rotatable bonds is 4. The van der Waals surface area contributed by atoms with Gasteiger partial charge in [-0.2, -0.15) is 0 Å². The van der Waals surface area contributed by atoms with Crippen LogP contribution in [0.2, 0.25) is 0 Å². The van der Waals surface area contributed by atoms with Crippen molar-refractivity contribution in [2.24, 2.45) is 5.41 Å². The van der Waals surface area contributed by atoms with Crippen molar-refractivity contribution >= 4 is 34.4 Å². The second-order valence-electron chi connectivity index (χ2n) is 10.3. The first-order valence-corrected chi connectivity index (χ1v) is 11.8. The van der Waals surface area contributed by atoms with E-state index in [1.165, 1.54) is 6.07 Å². The van der Waals surface area contributed by atoms with E-state index < -0.39 is 23.7 Å². The highest BCUT2D eigenvalue weighted by Gasteiger charge is 2.33. The molecule has 182 valence electrons. The molecule has 3 heterocycles. The number of piperidine rings is 1. The average molecular weight is 478 g/mol. The molecule has 2 amide bonds. The van der Waals surface area contributed by atoms with Crippen LogP contribution in [0, 0.1) is 18.2 Å². The molecule has 2 aromatic carbocycles. The monoisotopic (exact) mass is 477 g/mol. The van der Waals surface area contributed by atoms with Gasteiger partial charge < -0.3 is 14.6 Å². The quantitative estimate of drug-likeness (QED) is 0.518. The highest BCUT2D eigenvalue weighted by Crippen LogP contribution is 2.35. The molecule has 0 saturated carbocycles. The SMILES string of the molecule is Cc1cc(C(C)Nc2ccc(F)c3c2C(=O)NC3=O)c2oc(N3CCC(C)(C)CC3)cc(=O)c2c1. The third-order valence-corrected chi connectivity index (χ3v) is 7.09. The molecule has 0 aliphatic carbocycles. The Hall–Kier alpha value is -3.68. The Balaban J connectivity index is 1.56. The average Bonchev–Trinajstić information content (AvgIpc) is 3.10. The van der Waals surface area contributed by atoms with Crippen molar-refractivity contribution in [2.45, 2.75) is 46.6 Å². The Morgan fingerprint density at radius 3 is 2.46 bits per heavy atom. The van der Waals surface area contributed by atoms with Gasteiger partial charge in [0.25, 0.3) is 11.8 Å². The number of nitrogens with zero attached hydrogens (tertiary/aromatic N) is 1. The number of halogens is 1. The number of hydrogen-bond donors (Lipinski definition) is 2. The second kappa shape index (κ2) is 8.22. The number of carbonyl (C=O) groups is 2. The van der Waals surface area contributed by atoms with Gasteiger partial charge in [0, 0.05) is 30.4 Å². The largest absolute Gasteiger partial charge is 0.440 e. The van der Waals surface area contributed by atoms with E-state index in [0.717, 1.165) is 43.1 Å². The maximum Gasteiger partial charge on any atom is 0.261 e. The highest BCUT2D eigenvalue weighted by atomic mass is 19.1.